The van der Waals surface area contributed by atoms with Crippen LogP contribution in [0.1, 0.15) is 30.9 Å². The highest BCUT2D eigenvalue weighted by Gasteiger charge is 2.39. The predicted molar refractivity (Wildman–Crippen MR) is 201 cm³/mol. The second kappa shape index (κ2) is 15.2. The Labute approximate surface area is 309 Å². The number of piperazine rings is 2. The number of ether oxygens (including phenoxy) is 2. The fourth-order valence-electron chi connectivity index (χ4n) is 6.46. The Bertz CT molecular complexity index is 2040. The van der Waals surface area contributed by atoms with Gasteiger partial charge in [0.05, 0.1) is 24.2 Å². The Morgan fingerprint density at radius 2 is 1.52 bits per heavy atom. The van der Waals surface area contributed by atoms with E-state index < -0.39 is 10.0 Å². The van der Waals surface area contributed by atoms with Crippen LogP contribution in [0.15, 0.2) is 89.9 Å². The summed E-state index contributed by atoms with van der Waals surface area (Å²) in [6, 6.07) is 24.1. The molecule has 7 rings (SSSR count). The molecule has 0 radical (unpaired) electrons. The Morgan fingerprint density at radius 3 is 2.19 bits per heavy atom. The number of aromatic nitrogens is 2. The quantitative estimate of drug-likeness (QED) is 0.205. The molecule has 0 N–H and O–H groups in total. The maximum Gasteiger partial charge on any atom is 0.410 e. The van der Waals surface area contributed by atoms with E-state index in [2.05, 4.69) is 16.9 Å². The van der Waals surface area contributed by atoms with Crippen LogP contribution in [0, 0.1) is 5.41 Å². The van der Waals surface area contributed by atoms with Gasteiger partial charge in [-0.05, 0) is 54.3 Å². The molecule has 274 valence electrons. The molecule has 1 aromatic heterocycles. The molecule has 2 aliphatic heterocycles. The first-order chi connectivity index (χ1) is 25.1. The van der Waals surface area contributed by atoms with E-state index in [4.69, 9.17) is 21.1 Å². The normalized spacial score (nSPS) is 17.5. The van der Waals surface area contributed by atoms with Gasteiger partial charge in [-0.1, -0.05) is 67.1 Å². The standard InChI is InChI=1S/C38H43ClN6O6S/c1-38(14-15-38)28-51-35-34(25-40-45(36(35)46)33-9-5-8-31(39)24-33)42-20-22-44(23-21-42)52(48,49)27-30-10-12-32(13-11-30)41-16-18-43(19-17-41)37(47)50-26-29-6-3-2-4-7-29/h2-13,24-25H,14-23,26-28H2,1H3. The van der Waals surface area contributed by atoms with Crippen molar-refractivity contribution in [3.63, 3.8) is 0 Å². The van der Waals surface area contributed by atoms with Crippen molar-refractivity contribution in [1.29, 1.82) is 0 Å². The third-order valence-electron chi connectivity index (χ3n) is 10.0. The van der Waals surface area contributed by atoms with Gasteiger partial charge in [0.15, 0.2) is 0 Å². The molecule has 0 spiro atoms. The molecule has 3 aromatic carbocycles. The summed E-state index contributed by atoms with van der Waals surface area (Å²) >= 11 is 6.19. The number of carbonyl (C=O) groups is 1. The van der Waals surface area contributed by atoms with Gasteiger partial charge in [0.2, 0.25) is 15.8 Å². The molecule has 1 saturated carbocycles. The summed E-state index contributed by atoms with van der Waals surface area (Å²) in [6.45, 7) is 6.50. The van der Waals surface area contributed by atoms with Crippen LogP contribution < -0.4 is 20.1 Å². The van der Waals surface area contributed by atoms with Crippen molar-refractivity contribution in [2.45, 2.75) is 32.1 Å². The van der Waals surface area contributed by atoms with Crippen LogP contribution in [0.2, 0.25) is 5.02 Å². The number of carbonyl (C=O) groups excluding carboxylic acids is 1. The monoisotopic (exact) mass is 746 g/mol. The summed E-state index contributed by atoms with van der Waals surface area (Å²) < 4.78 is 41.6. The number of rotatable bonds is 11. The maximum atomic E-state index is 13.7. The van der Waals surface area contributed by atoms with E-state index in [1.165, 1.54) is 8.99 Å². The first-order valence-electron chi connectivity index (χ1n) is 17.6. The van der Waals surface area contributed by atoms with Crippen molar-refractivity contribution in [3.05, 3.63) is 112 Å². The number of benzene rings is 3. The second-order valence-corrected chi connectivity index (χ2v) is 16.4. The molecule has 52 heavy (non-hydrogen) atoms. The van der Waals surface area contributed by atoms with E-state index in [1.54, 1.807) is 35.4 Å². The van der Waals surface area contributed by atoms with Crippen LogP contribution in [-0.2, 0) is 27.1 Å². The third kappa shape index (κ3) is 8.38. The van der Waals surface area contributed by atoms with E-state index in [0.717, 1.165) is 24.1 Å². The molecule has 4 aromatic rings. The van der Waals surface area contributed by atoms with E-state index >= 15 is 0 Å². The van der Waals surface area contributed by atoms with Crippen molar-refractivity contribution in [1.82, 2.24) is 19.0 Å². The average molecular weight is 747 g/mol. The van der Waals surface area contributed by atoms with Crippen molar-refractivity contribution in [2.75, 3.05) is 68.8 Å². The lowest BCUT2D eigenvalue weighted by molar-refractivity contribution is 0.0942. The van der Waals surface area contributed by atoms with Gasteiger partial charge >= 0.3 is 11.7 Å². The number of anilines is 2. The number of sulfonamides is 1. The van der Waals surface area contributed by atoms with Gasteiger partial charge in [-0.25, -0.2) is 13.2 Å². The van der Waals surface area contributed by atoms with Crippen LogP contribution in [0.25, 0.3) is 5.69 Å². The van der Waals surface area contributed by atoms with Crippen molar-refractivity contribution in [3.8, 4) is 11.4 Å². The van der Waals surface area contributed by atoms with Gasteiger partial charge < -0.3 is 24.2 Å². The molecule has 2 saturated heterocycles. The summed E-state index contributed by atoms with van der Waals surface area (Å²) in [4.78, 5) is 32.2. The van der Waals surface area contributed by atoms with E-state index in [9.17, 15) is 18.0 Å². The minimum Gasteiger partial charge on any atom is -0.486 e. The molecule has 0 atom stereocenters. The minimum atomic E-state index is -3.60. The zero-order valence-corrected chi connectivity index (χ0v) is 30.8. The van der Waals surface area contributed by atoms with E-state index in [1.807, 2.05) is 59.5 Å². The molecule has 12 nitrogen and oxygen atoms in total. The molecule has 1 aliphatic carbocycles. The highest BCUT2D eigenvalue weighted by molar-refractivity contribution is 7.88. The van der Waals surface area contributed by atoms with Crippen LogP contribution in [-0.4, -0.2) is 92.5 Å². The minimum absolute atomic E-state index is 0.0480. The molecular formula is C38H43ClN6O6S. The Morgan fingerprint density at radius 1 is 0.827 bits per heavy atom. The van der Waals surface area contributed by atoms with Crippen molar-refractivity contribution >= 4 is 39.1 Å². The first kappa shape index (κ1) is 35.8. The number of amides is 1. The first-order valence-corrected chi connectivity index (χ1v) is 19.6. The van der Waals surface area contributed by atoms with Gasteiger partial charge in [0, 0.05) is 68.5 Å². The number of hydrogen-bond acceptors (Lipinski definition) is 9. The molecule has 0 bridgehead atoms. The average Bonchev–Trinajstić information content (AvgIpc) is 3.90. The summed E-state index contributed by atoms with van der Waals surface area (Å²) in [7, 11) is -3.60. The maximum absolute atomic E-state index is 13.7. The number of halogens is 1. The number of hydrogen-bond donors (Lipinski definition) is 0. The molecular weight excluding hydrogens is 704 g/mol. The summed E-state index contributed by atoms with van der Waals surface area (Å²) in [5, 5.41) is 4.94. The molecule has 0 unspecified atom stereocenters. The second-order valence-electron chi connectivity index (χ2n) is 14.0. The Hall–Kier alpha value is -4.59. The lowest BCUT2D eigenvalue weighted by Crippen LogP contribution is -2.49. The van der Waals surface area contributed by atoms with Gasteiger partial charge in [0.25, 0.3) is 0 Å². The third-order valence-corrected chi connectivity index (χ3v) is 12.1. The highest BCUT2D eigenvalue weighted by Crippen LogP contribution is 2.45. The molecule has 1 amide bonds. The van der Waals surface area contributed by atoms with Gasteiger partial charge in [0.1, 0.15) is 12.3 Å². The topological polar surface area (TPSA) is 118 Å². The lowest BCUT2D eigenvalue weighted by atomic mass is 10.2. The molecule has 3 aliphatic rings. The molecule has 3 fully saturated rings. The van der Waals surface area contributed by atoms with Crippen LogP contribution in [0.3, 0.4) is 0 Å². The van der Waals surface area contributed by atoms with Gasteiger partial charge in [-0.3, -0.25) is 4.79 Å². The Kier molecular flexibility index (Phi) is 10.4. The van der Waals surface area contributed by atoms with Crippen LogP contribution in [0.5, 0.6) is 5.75 Å². The smallest absolute Gasteiger partial charge is 0.410 e. The van der Waals surface area contributed by atoms with Crippen LogP contribution in [0.4, 0.5) is 16.2 Å². The zero-order valence-electron chi connectivity index (χ0n) is 29.2. The SMILES string of the molecule is CC1(COc2c(N3CCN(S(=O)(=O)Cc4ccc(N5CCN(C(=O)OCc6ccccc6)CC5)cc4)CC3)cnn(-c3cccc(Cl)c3)c2=O)CC1. The van der Waals surface area contributed by atoms with Crippen molar-refractivity contribution in [2.24, 2.45) is 5.41 Å². The van der Waals surface area contributed by atoms with E-state index in [-0.39, 0.29) is 48.3 Å². The summed E-state index contributed by atoms with van der Waals surface area (Å²) in [5.41, 5.74) is 3.39. The molecule has 3 heterocycles. The fourth-order valence-corrected chi connectivity index (χ4v) is 8.16. The molecule has 14 heteroatoms. The summed E-state index contributed by atoms with van der Waals surface area (Å²) in [6.07, 6.45) is 3.38. The zero-order chi connectivity index (χ0) is 36.3. The highest BCUT2D eigenvalue weighted by atomic mass is 35.5. The summed E-state index contributed by atoms with van der Waals surface area (Å²) in [5.74, 6) is 0.0993. The largest absolute Gasteiger partial charge is 0.486 e. The van der Waals surface area contributed by atoms with E-state index in [0.29, 0.717) is 67.8 Å². The van der Waals surface area contributed by atoms with Gasteiger partial charge in [-0.2, -0.15) is 14.1 Å². The van der Waals surface area contributed by atoms with Crippen molar-refractivity contribution < 1.29 is 22.7 Å². The predicted octanol–water partition coefficient (Wildman–Crippen LogP) is 5.18. The van der Waals surface area contributed by atoms with Crippen LogP contribution >= 0.6 is 11.6 Å². The lowest BCUT2D eigenvalue weighted by Gasteiger charge is -2.36. The Balaban J connectivity index is 0.939. The number of nitrogens with zero attached hydrogens (tertiary/aromatic N) is 6. The van der Waals surface area contributed by atoms with Gasteiger partial charge in [-0.15, -0.1) is 0 Å². The fraction of sp³-hybridized carbons (Fsp3) is 0.395.